The number of rotatable bonds is 3. The number of H-pyrrole nitrogens is 1. The standard InChI is InChI=1S/C20H23N5O/c1-13-22-23-19-10-15-7-8-16(12-24(13)19)25(15)20(26)9-6-14-11-21-18-5-3-2-4-17(14)18/h2-5,11,15-16,21H,6-10,12H2,1H3/t15-,16+/m0/s1. The number of aromatic nitrogens is 4. The number of hydrogen-bond donors (Lipinski definition) is 1. The lowest BCUT2D eigenvalue weighted by atomic mass is 10.1. The summed E-state index contributed by atoms with van der Waals surface area (Å²) in [5.74, 6) is 2.27. The van der Waals surface area contributed by atoms with Gasteiger partial charge in [-0.05, 0) is 37.8 Å². The van der Waals surface area contributed by atoms with Crippen molar-refractivity contribution in [3.8, 4) is 0 Å². The first kappa shape index (κ1) is 15.6. The van der Waals surface area contributed by atoms with Gasteiger partial charge in [0.25, 0.3) is 0 Å². The van der Waals surface area contributed by atoms with Gasteiger partial charge in [0.1, 0.15) is 11.6 Å². The molecule has 1 N–H and O–H groups in total. The van der Waals surface area contributed by atoms with Crippen LogP contribution in [0.5, 0.6) is 0 Å². The fourth-order valence-electron chi connectivity index (χ4n) is 4.69. The van der Waals surface area contributed by atoms with Gasteiger partial charge in [0, 0.05) is 42.5 Å². The fraction of sp³-hybridized carbons (Fsp3) is 0.450. The summed E-state index contributed by atoms with van der Waals surface area (Å²) in [6.07, 6.45) is 6.38. The summed E-state index contributed by atoms with van der Waals surface area (Å²) >= 11 is 0. The van der Waals surface area contributed by atoms with E-state index in [-0.39, 0.29) is 18.0 Å². The van der Waals surface area contributed by atoms with Crippen LogP contribution in [0.2, 0.25) is 0 Å². The van der Waals surface area contributed by atoms with Crippen molar-refractivity contribution in [2.24, 2.45) is 0 Å². The van der Waals surface area contributed by atoms with Gasteiger partial charge in [0.05, 0.1) is 6.04 Å². The van der Waals surface area contributed by atoms with E-state index in [1.54, 1.807) is 0 Å². The average molecular weight is 349 g/mol. The first-order valence-electron chi connectivity index (χ1n) is 9.45. The third-order valence-electron chi connectivity index (χ3n) is 6.01. The molecular weight excluding hydrogens is 326 g/mol. The summed E-state index contributed by atoms with van der Waals surface area (Å²) in [5.41, 5.74) is 2.36. The normalized spacial score (nSPS) is 21.8. The van der Waals surface area contributed by atoms with Crippen LogP contribution in [0.3, 0.4) is 0 Å². The molecule has 2 aromatic heterocycles. The number of nitrogens with one attached hydrogen (secondary N) is 1. The van der Waals surface area contributed by atoms with E-state index >= 15 is 0 Å². The van der Waals surface area contributed by atoms with Crippen LogP contribution in [0.1, 0.15) is 36.5 Å². The van der Waals surface area contributed by atoms with Crippen molar-refractivity contribution >= 4 is 16.8 Å². The van der Waals surface area contributed by atoms with Crippen LogP contribution in [0, 0.1) is 6.92 Å². The van der Waals surface area contributed by atoms with Crippen molar-refractivity contribution in [1.82, 2.24) is 24.6 Å². The SMILES string of the molecule is Cc1nnc2n1C[C@H]1CC[C@@H](C2)N1C(=O)CCc1c[nH]c2ccccc12. The van der Waals surface area contributed by atoms with Gasteiger partial charge in [-0.15, -0.1) is 10.2 Å². The van der Waals surface area contributed by atoms with Gasteiger partial charge in [0.2, 0.25) is 5.91 Å². The number of para-hydroxylation sites is 1. The van der Waals surface area contributed by atoms with Crippen molar-refractivity contribution in [3.63, 3.8) is 0 Å². The topological polar surface area (TPSA) is 66.8 Å². The Morgan fingerprint density at radius 3 is 3.00 bits per heavy atom. The van der Waals surface area contributed by atoms with E-state index in [1.807, 2.05) is 25.3 Å². The van der Waals surface area contributed by atoms with Crippen LogP contribution in [0.15, 0.2) is 30.5 Å². The van der Waals surface area contributed by atoms with Crippen LogP contribution in [-0.2, 0) is 24.2 Å². The molecule has 1 fully saturated rings. The minimum absolute atomic E-state index is 0.277. The summed E-state index contributed by atoms with van der Waals surface area (Å²) in [4.78, 5) is 18.5. The Hall–Kier alpha value is -2.63. The molecule has 2 aliphatic heterocycles. The monoisotopic (exact) mass is 349 g/mol. The number of nitrogens with zero attached hydrogens (tertiary/aromatic N) is 4. The molecule has 0 radical (unpaired) electrons. The molecule has 1 saturated heterocycles. The smallest absolute Gasteiger partial charge is 0.223 e. The van der Waals surface area contributed by atoms with E-state index in [2.05, 4.69) is 36.8 Å². The molecule has 6 heteroatoms. The predicted octanol–water partition coefficient (Wildman–Crippen LogP) is 2.62. The molecule has 5 rings (SSSR count). The van der Waals surface area contributed by atoms with Crippen molar-refractivity contribution in [1.29, 1.82) is 0 Å². The highest BCUT2D eigenvalue weighted by Gasteiger charge is 2.40. The third-order valence-corrected chi connectivity index (χ3v) is 6.01. The molecule has 2 atom stereocenters. The fourth-order valence-corrected chi connectivity index (χ4v) is 4.69. The van der Waals surface area contributed by atoms with Crippen molar-refractivity contribution in [2.45, 2.75) is 57.7 Å². The Morgan fingerprint density at radius 2 is 2.08 bits per heavy atom. The summed E-state index contributed by atoms with van der Waals surface area (Å²) in [6, 6.07) is 8.84. The van der Waals surface area contributed by atoms with Crippen LogP contribution < -0.4 is 0 Å². The van der Waals surface area contributed by atoms with E-state index < -0.39 is 0 Å². The molecule has 3 aromatic rings. The Kier molecular flexibility index (Phi) is 3.58. The molecule has 6 nitrogen and oxygen atoms in total. The second kappa shape index (κ2) is 5.97. The van der Waals surface area contributed by atoms with Crippen LogP contribution in [-0.4, -0.2) is 42.6 Å². The number of fused-ring (bicyclic) bond motifs is 4. The highest BCUT2D eigenvalue weighted by atomic mass is 16.2. The second-order valence-corrected chi connectivity index (χ2v) is 7.52. The van der Waals surface area contributed by atoms with Crippen LogP contribution in [0.25, 0.3) is 10.9 Å². The molecule has 26 heavy (non-hydrogen) atoms. The molecule has 0 aliphatic carbocycles. The molecule has 1 aromatic carbocycles. The maximum atomic E-state index is 13.1. The minimum atomic E-state index is 0.277. The Labute approximate surface area is 152 Å². The lowest BCUT2D eigenvalue weighted by Crippen LogP contribution is -2.42. The van der Waals surface area contributed by atoms with Gasteiger partial charge < -0.3 is 14.5 Å². The van der Waals surface area contributed by atoms with E-state index in [9.17, 15) is 4.79 Å². The van der Waals surface area contributed by atoms with Gasteiger partial charge in [0.15, 0.2) is 0 Å². The zero-order valence-electron chi connectivity index (χ0n) is 15.0. The minimum Gasteiger partial charge on any atom is -0.361 e. The molecule has 2 bridgehead atoms. The lowest BCUT2D eigenvalue weighted by molar-refractivity contribution is -0.134. The van der Waals surface area contributed by atoms with Gasteiger partial charge >= 0.3 is 0 Å². The molecular formula is C20H23N5O. The van der Waals surface area contributed by atoms with Crippen LogP contribution >= 0.6 is 0 Å². The summed E-state index contributed by atoms with van der Waals surface area (Å²) in [7, 11) is 0. The van der Waals surface area contributed by atoms with Gasteiger partial charge in [-0.2, -0.15) is 0 Å². The highest BCUT2D eigenvalue weighted by Crippen LogP contribution is 2.32. The first-order chi connectivity index (χ1) is 12.7. The number of hydrogen-bond acceptors (Lipinski definition) is 3. The lowest BCUT2D eigenvalue weighted by Gasteiger charge is -2.28. The zero-order valence-corrected chi connectivity index (χ0v) is 15.0. The first-order valence-corrected chi connectivity index (χ1v) is 9.45. The molecule has 2 aliphatic rings. The van der Waals surface area contributed by atoms with E-state index in [0.717, 1.165) is 49.4 Å². The summed E-state index contributed by atoms with van der Waals surface area (Å²) in [5, 5.41) is 9.76. The van der Waals surface area contributed by atoms with E-state index in [1.165, 1.54) is 10.9 Å². The maximum Gasteiger partial charge on any atom is 0.223 e. The molecule has 4 heterocycles. The molecule has 0 spiro atoms. The number of aryl methyl sites for hydroxylation is 2. The van der Waals surface area contributed by atoms with E-state index in [0.29, 0.717) is 6.42 Å². The van der Waals surface area contributed by atoms with Gasteiger partial charge in [-0.1, -0.05) is 18.2 Å². The highest BCUT2D eigenvalue weighted by molar-refractivity contribution is 5.84. The van der Waals surface area contributed by atoms with Crippen molar-refractivity contribution in [2.75, 3.05) is 0 Å². The van der Waals surface area contributed by atoms with Gasteiger partial charge in [-0.3, -0.25) is 4.79 Å². The Morgan fingerprint density at radius 1 is 1.23 bits per heavy atom. The Bertz CT molecular complexity index is 972. The maximum absolute atomic E-state index is 13.1. The summed E-state index contributed by atoms with van der Waals surface area (Å²) < 4.78 is 2.20. The Balaban J connectivity index is 1.33. The number of aromatic amines is 1. The van der Waals surface area contributed by atoms with E-state index in [4.69, 9.17) is 0 Å². The van der Waals surface area contributed by atoms with Crippen molar-refractivity contribution in [3.05, 3.63) is 47.7 Å². The summed E-state index contributed by atoms with van der Waals surface area (Å²) in [6.45, 7) is 2.84. The number of carbonyl (C=O) groups excluding carboxylic acids is 1. The molecule has 0 unspecified atom stereocenters. The molecule has 1 amide bonds. The van der Waals surface area contributed by atoms with Gasteiger partial charge in [-0.25, -0.2) is 0 Å². The average Bonchev–Trinajstić information content (AvgIpc) is 3.29. The molecule has 134 valence electrons. The molecule has 0 saturated carbocycles. The largest absolute Gasteiger partial charge is 0.361 e. The number of amides is 1. The zero-order chi connectivity index (χ0) is 17.7. The third kappa shape index (κ3) is 2.43. The van der Waals surface area contributed by atoms with Crippen molar-refractivity contribution < 1.29 is 4.79 Å². The number of benzene rings is 1. The second-order valence-electron chi connectivity index (χ2n) is 7.52. The van der Waals surface area contributed by atoms with Crippen LogP contribution in [0.4, 0.5) is 0 Å². The quantitative estimate of drug-likeness (QED) is 0.790. The predicted molar refractivity (Wildman–Crippen MR) is 98.7 cm³/mol. The number of carbonyl (C=O) groups is 1.